The smallest absolute Gasteiger partial charge is 0.126 e. The Labute approximate surface area is 127 Å². The summed E-state index contributed by atoms with van der Waals surface area (Å²) in [6.07, 6.45) is 5.73. The summed E-state index contributed by atoms with van der Waals surface area (Å²) in [5.41, 5.74) is 1.05. The van der Waals surface area contributed by atoms with E-state index in [1.807, 2.05) is 36.4 Å². The molecule has 0 heterocycles. The van der Waals surface area contributed by atoms with E-state index in [-0.39, 0.29) is 0 Å². The van der Waals surface area contributed by atoms with Gasteiger partial charge in [-0.3, -0.25) is 0 Å². The first-order valence-electron chi connectivity index (χ1n) is 7.54. The number of aliphatic hydroxyl groups is 1. The van der Waals surface area contributed by atoms with E-state index in [4.69, 9.17) is 9.47 Å². The highest BCUT2D eigenvalue weighted by atomic mass is 16.5. The zero-order valence-electron chi connectivity index (χ0n) is 13.0. The lowest BCUT2D eigenvalue weighted by Gasteiger charge is -2.11. The van der Waals surface area contributed by atoms with Gasteiger partial charge in [0.05, 0.1) is 19.8 Å². The SMILES string of the molecule is CCCCOCC(O)CNC/C=C/c1ccccc1OC. The molecule has 0 fully saturated rings. The molecule has 1 rings (SSSR count). The molecule has 4 nitrogen and oxygen atoms in total. The Bertz CT molecular complexity index is 407. The van der Waals surface area contributed by atoms with Crippen LogP contribution in [0.15, 0.2) is 30.3 Å². The van der Waals surface area contributed by atoms with Crippen molar-refractivity contribution in [1.82, 2.24) is 5.32 Å². The number of rotatable bonds is 11. The average molecular weight is 293 g/mol. The first-order valence-corrected chi connectivity index (χ1v) is 7.54. The quantitative estimate of drug-likeness (QED) is 0.615. The van der Waals surface area contributed by atoms with Gasteiger partial charge in [0.1, 0.15) is 5.75 Å². The van der Waals surface area contributed by atoms with E-state index >= 15 is 0 Å². The van der Waals surface area contributed by atoms with Crippen molar-refractivity contribution in [2.24, 2.45) is 0 Å². The zero-order valence-corrected chi connectivity index (χ0v) is 13.0. The standard InChI is InChI=1S/C17H27NO3/c1-3-4-12-21-14-16(19)13-18-11-7-9-15-8-5-6-10-17(15)20-2/h5-10,16,18-19H,3-4,11-14H2,1-2H3/b9-7+. The number of aliphatic hydroxyl groups excluding tert-OH is 1. The number of hydrogen-bond donors (Lipinski definition) is 2. The summed E-state index contributed by atoms with van der Waals surface area (Å²) in [5, 5.41) is 12.9. The lowest BCUT2D eigenvalue weighted by atomic mass is 10.2. The summed E-state index contributed by atoms with van der Waals surface area (Å²) in [4.78, 5) is 0. The number of ether oxygens (including phenoxy) is 2. The number of unbranched alkanes of at least 4 members (excludes halogenated alkanes) is 1. The van der Waals surface area contributed by atoms with Crippen molar-refractivity contribution in [3.8, 4) is 5.75 Å². The Kier molecular flexibility index (Phi) is 9.53. The third-order valence-electron chi connectivity index (χ3n) is 3.03. The van der Waals surface area contributed by atoms with Gasteiger partial charge in [0.15, 0.2) is 0 Å². The highest BCUT2D eigenvalue weighted by molar-refractivity contribution is 5.57. The van der Waals surface area contributed by atoms with Crippen LogP contribution in [0, 0.1) is 0 Å². The summed E-state index contributed by atoms with van der Waals surface area (Å²) in [7, 11) is 1.67. The van der Waals surface area contributed by atoms with Crippen molar-refractivity contribution in [1.29, 1.82) is 0 Å². The van der Waals surface area contributed by atoms with Crippen LogP contribution < -0.4 is 10.1 Å². The minimum atomic E-state index is -0.457. The second-order valence-electron chi connectivity index (χ2n) is 4.88. The lowest BCUT2D eigenvalue weighted by molar-refractivity contribution is 0.0364. The van der Waals surface area contributed by atoms with Gasteiger partial charge in [0, 0.05) is 25.3 Å². The van der Waals surface area contributed by atoms with Gasteiger partial charge in [-0.1, -0.05) is 43.7 Å². The van der Waals surface area contributed by atoms with E-state index < -0.39 is 6.10 Å². The molecule has 0 saturated carbocycles. The van der Waals surface area contributed by atoms with Gasteiger partial charge in [0.2, 0.25) is 0 Å². The van der Waals surface area contributed by atoms with Crippen molar-refractivity contribution in [2.45, 2.75) is 25.9 Å². The van der Waals surface area contributed by atoms with Crippen molar-refractivity contribution >= 4 is 6.08 Å². The van der Waals surface area contributed by atoms with Crippen molar-refractivity contribution in [2.75, 3.05) is 33.4 Å². The molecule has 118 valence electrons. The molecule has 1 unspecified atom stereocenters. The van der Waals surface area contributed by atoms with Gasteiger partial charge in [-0.15, -0.1) is 0 Å². The first kappa shape index (κ1) is 17.7. The molecule has 0 radical (unpaired) electrons. The lowest BCUT2D eigenvalue weighted by Crippen LogP contribution is -2.30. The van der Waals surface area contributed by atoms with E-state index in [2.05, 4.69) is 12.2 Å². The topological polar surface area (TPSA) is 50.7 Å². The van der Waals surface area contributed by atoms with Crippen molar-refractivity contribution in [3.05, 3.63) is 35.9 Å². The minimum Gasteiger partial charge on any atom is -0.496 e. The number of hydrogen-bond acceptors (Lipinski definition) is 4. The number of para-hydroxylation sites is 1. The Balaban J connectivity index is 2.17. The third-order valence-corrected chi connectivity index (χ3v) is 3.03. The maximum atomic E-state index is 9.72. The number of nitrogens with one attached hydrogen (secondary N) is 1. The molecule has 0 aliphatic heterocycles. The Morgan fingerprint density at radius 1 is 1.33 bits per heavy atom. The van der Waals surface area contributed by atoms with Crippen LogP contribution in [0.25, 0.3) is 6.08 Å². The molecule has 0 aliphatic rings. The number of benzene rings is 1. The van der Waals surface area contributed by atoms with Crippen LogP contribution in [0.1, 0.15) is 25.3 Å². The molecule has 1 aromatic carbocycles. The number of methoxy groups -OCH3 is 1. The van der Waals surface area contributed by atoms with Crippen LogP contribution in [0.5, 0.6) is 5.75 Å². The molecule has 0 aliphatic carbocycles. The van der Waals surface area contributed by atoms with Crippen LogP contribution in [0.3, 0.4) is 0 Å². The van der Waals surface area contributed by atoms with Gasteiger partial charge in [-0.05, 0) is 12.5 Å². The van der Waals surface area contributed by atoms with E-state index in [1.165, 1.54) is 0 Å². The third kappa shape index (κ3) is 7.85. The summed E-state index contributed by atoms with van der Waals surface area (Å²) < 4.78 is 10.6. The van der Waals surface area contributed by atoms with Crippen molar-refractivity contribution in [3.63, 3.8) is 0 Å². The van der Waals surface area contributed by atoms with Gasteiger partial charge < -0.3 is 19.9 Å². The minimum absolute atomic E-state index is 0.392. The fourth-order valence-electron chi connectivity index (χ4n) is 1.85. The monoisotopic (exact) mass is 293 g/mol. The van der Waals surface area contributed by atoms with Crippen LogP contribution >= 0.6 is 0 Å². The van der Waals surface area contributed by atoms with E-state index in [1.54, 1.807) is 7.11 Å². The van der Waals surface area contributed by atoms with Gasteiger partial charge in [-0.2, -0.15) is 0 Å². The molecule has 0 amide bonds. The molecule has 21 heavy (non-hydrogen) atoms. The molecule has 0 spiro atoms. The fraction of sp³-hybridized carbons (Fsp3) is 0.529. The Hall–Kier alpha value is -1.36. The predicted octanol–water partition coefficient (Wildman–Crippen LogP) is 2.48. The largest absolute Gasteiger partial charge is 0.496 e. The van der Waals surface area contributed by atoms with Gasteiger partial charge >= 0.3 is 0 Å². The molecule has 0 bridgehead atoms. The Morgan fingerprint density at radius 3 is 2.90 bits per heavy atom. The molecule has 4 heteroatoms. The summed E-state index contributed by atoms with van der Waals surface area (Å²) in [5.74, 6) is 0.859. The van der Waals surface area contributed by atoms with Crippen LogP contribution in [-0.4, -0.2) is 44.6 Å². The second-order valence-corrected chi connectivity index (χ2v) is 4.88. The summed E-state index contributed by atoms with van der Waals surface area (Å²) >= 11 is 0. The van der Waals surface area contributed by atoms with E-state index in [9.17, 15) is 5.11 Å². The Morgan fingerprint density at radius 2 is 2.14 bits per heavy atom. The molecular formula is C17H27NO3. The summed E-state index contributed by atoms with van der Waals surface area (Å²) in [6, 6.07) is 7.87. The zero-order chi connectivity index (χ0) is 15.3. The van der Waals surface area contributed by atoms with Gasteiger partial charge in [-0.25, -0.2) is 0 Å². The van der Waals surface area contributed by atoms with Crippen molar-refractivity contribution < 1.29 is 14.6 Å². The van der Waals surface area contributed by atoms with Gasteiger partial charge in [0.25, 0.3) is 0 Å². The molecule has 2 N–H and O–H groups in total. The predicted molar refractivity (Wildman–Crippen MR) is 86.6 cm³/mol. The van der Waals surface area contributed by atoms with Crippen LogP contribution in [0.2, 0.25) is 0 Å². The van der Waals surface area contributed by atoms with Crippen LogP contribution in [-0.2, 0) is 4.74 Å². The second kappa shape index (κ2) is 11.3. The molecular weight excluding hydrogens is 266 g/mol. The molecule has 1 aromatic rings. The molecule has 1 atom stereocenters. The average Bonchev–Trinajstić information content (AvgIpc) is 2.51. The highest BCUT2D eigenvalue weighted by Crippen LogP contribution is 2.18. The fourth-order valence-corrected chi connectivity index (χ4v) is 1.85. The maximum Gasteiger partial charge on any atom is 0.126 e. The normalized spacial score (nSPS) is 12.7. The molecule has 0 aromatic heterocycles. The highest BCUT2D eigenvalue weighted by Gasteiger charge is 2.02. The van der Waals surface area contributed by atoms with E-state index in [0.717, 1.165) is 30.8 Å². The van der Waals surface area contributed by atoms with Crippen LogP contribution in [0.4, 0.5) is 0 Å². The molecule has 0 saturated heterocycles. The first-order chi connectivity index (χ1) is 10.3. The summed E-state index contributed by atoms with van der Waals surface area (Å²) in [6.45, 7) is 4.46. The maximum absolute atomic E-state index is 9.72. The van der Waals surface area contributed by atoms with E-state index in [0.29, 0.717) is 19.7 Å².